The van der Waals surface area contributed by atoms with Gasteiger partial charge in [0.05, 0.1) is 6.61 Å². The molecule has 0 bridgehead atoms. The van der Waals surface area contributed by atoms with E-state index in [-0.39, 0.29) is 30.3 Å². The molecule has 1 saturated carbocycles. The summed E-state index contributed by atoms with van der Waals surface area (Å²) in [6.07, 6.45) is 3.51. The van der Waals surface area contributed by atoms with Crippen LogP contribution in [0.25, 0.3) is 0 Å². The van der Waals surface area contributed by atoms with E-state index in [2.05, 4.69) is 0 Å². The molecule has 1 heterocycles. The Morgan fingerprint density at radius 3 is 2.29 bits per heavy atom. The summed E-state index contributed by atoms with van der Waals surface area (Å²) in [5, 5.41) is 9.30. The minimum atomic E-state index is -0.0384. The fourth-order valence-electron chi connectivity index (χ4n) is 3.39. The second-order valence-electron chi connectivity index (χ2n) is 6.84. The molecule has 5 nitrogen and oxygen atoms in total. The average molecular weight is 330 g/mol. The molecule has 1 aromatic carbocycles. The van der Waals surface area contributed by atoms with Crippen LogP contribution >= 0.6 is 0 Å². The zero-order valence-electron chi connectivity index (χ0n) is 14.1. The van der Waals surface area contributed by atoms with Gasteiger partial charge in [-0.1, -0.05) is 30.3 Å². The molecular formula is C19H26N2O3. The molecule has 0 spiro atoms. The van der Waals surface area contributed by atoms with Crippen LogP contribution in [0.1, 0.15) is 31.2 Å². The predicted molar refractivity (Wildman–Crippen MR) is 91.0 cm³/mol. The normalized spacial score (nSPS) is 18.5. The number of piperidine rings is 1. The molecule has 1 aliphatic heterocycles. The van der Waals surface area contributed by atoms with Crippen molar-refractivity contribution >= 4 is 11.8 Å². The number of hydrogen-bond donors (Lipinski definition) is 1. The lowest BCUT2D eigenvalue weighted by Gasteiger charge is -2.34. The van der Waals surface area contributed by atoms with Crippen LogP contribution in [0.2, 0.25) is 0 Å². The molecule has 2 aliphatic rings. The third-order valence-corrected chi connectivity index (χ3v) is 4.98. The smallest absolute Gasteiger partial charge is 0.226 e. The summed E-state index contributed by atoms with van der Waals surface area (Å²) in [5.41, 5.74) is 1.07. The molecule has 2 amide bonds. The van der Waals surface area contributed by atoms with Crippen LogP contribution in [-0.4, -0.2) is 53.0 Å². The lowest BCUT2D eigenvalue weighted by molar-refractivity contribution is -0.142. The van der Waals surface area contributed by atoms with Crippen molar-refractivity contribution in [3.8, 4) is 0 Å². The lowest BCUT2D eigenvalue weighted by Crippen LogP contribution is -2.45. The van der Waals surface area contributed by atoms with Crippen molar-refractivity contribution in [1.29, 1.82) is 0 Å². The van der Waals surface area contributed by atoms with Gasteiger partial charge >= 0.3 is 0 Å². The largest absolute Gasteiger partial charge is 0.395 e. The first-order valence-electron chi connectivity index (χ1n) is 8.91. The van der Waals surface area contributed by atoms with E-state index in [4.69, 9.17) is 0 Å². The third kappa shape index (κ3) is 4.15. The van der Waals surface area contributed by atoms with Gasteiger partial charge in [0.15, 0.2) is 0 Å². The maximum Gasteiger partial charge on any atom is 0.226 e. The first-order chi connectivity index (χ1) is 11.7. The summed E-state index contributed by atoms with van der Waals surface area (Å²) < 4.78 is 0. The SMILES string of the molecule is O=C(C1CC1)N1CCC(C(=O)N(CCO)Cc2ccccc2)CC1. The third-order valence-electron chi connectivity index (χ3n) is 4.98. The second kappa shape index (κ2) is 7.79. The summed E-state index contributed by atoms with van der Waals surface area (Å²) in [7, 11) is 0. The Bertz CT molecular complexity index is 563. The summed E-state index contributed by atoms with van der Waals surface area (Å²) in [6.45, 7) is 2.22. The van der Waals surface area contributed by atoms with E-state index < -0.39 is 0 Å². The number of aliphatic hydroxyl groups is 1. The Morgan fingerprint density at radius 2 is 1.71 bits per heavy atom. The molecule has 24 heavy (non-hydrogen) atoms. The van der Waals surface area contributed by atoms with Crippen LogP contribution in [-0.2, 0) is 16.1 Å². The van der Waals surface area contributed by atoms with E-state index in [1.807, 2.05) is 35.2 Å². The molecule has 1 aromatic rings. The minimum absolute atomic E-state index is 0.0302. The second-order valence-corrected chi connectivity index (χ2v) is 6.84. The monoisotopic (exact) mass is 330 g/mol. The maximum atomic E-state index is 12.8. The van der Waals surface area contributed by atoms with Crippen LogP contribution < -0.4 is 0 Å². The number of carbonyl (C=O) groups excluding carboxylic acids is 2. The summed E-state index contributed by atoms with van der Waals surface area (Å²) in [4.78, 5) is 28.6. The van der Waals surface area contributed by atoms with Crippen LogP contribution in [0.4, 0.5) is 0 Å². The van der Waals surface area contributed by atoms with E-state index >= 15 is 0 Å². The van der Waals surface area contributed by atoms with Gasteiger partial charge in [0.2, 0.25) is 11.8 Å². The van der Waals surface area contributed by atoms with Gasteiger partial charge in [0.25, 0.3) is 0 Å². The van der Waals surface area contributed by atoms with Crippen LogP contribution in [0, 0.1) is 11.8 Å². The first-order valence-corrected chi connectivity index (χ1v) is 8.91. The van der Waals surface area contributed by atoms with Gasteiger partial charge in [-0.3, -0.25) is 9.59 Å². The summed E-state index contributed by atoms with van der Waals surface area (Å²) in [5.74, 6) is 0.591. The first kappa shape index (κ1) is 17.0. The van der Waals surface area contributed by atoms with E-state index in [0.29, 0.717) is 26.2 Å². The van der Waals surface area contributed by atoms with E-state index in [1.54, 1.807) is 4.90 Å². The van der Waals surface area contributed by atoms with Crippen LogP contribution in [0.3, 0.4) is 0 Å². The van der Waals surface area contributed by atoms with Gasteiger partial charge in [0, 0.05) is 38.0 Å². The van der Waals surface area contributed by atoms with Gasteiger partial charge < -0.3 is 14.9 Å². The van der Waals surface area contributed by atoms with Crippen molar-refractivity contribution in [3.63, 3.8) is 0 Å². The maximum absolute atomic E-state index is 12.8. The zero-order valence-corrected chi connectivity index (χ0v) is 14.1. The van der Waals surface area contributed by atoms with E-state index in [1.165, 1.54) is 0 Å². The molecule has 1 saturated heterocycles. The number of benzene rings is 1. The molecule has 0 aromatic heterocycles. The number of nitrogens with zero attached hydrogens (tertiary/aromatic N) is 2. The summed E-state index contributed by atoms with van der Waals surface area (Å²) in [6, 6.07) is 9.86. The van der Waals surface area contributed by atoms with Crippen molar-refractivity contribution in [2.75, 3.05) is 26.2 Å². The number of amides is 2. The van der Waals surface area contributed by atoms with Crippen LogP contribution in [0.5, 0.6) is 0 Å². The fourth-order valence-corrected chi connectivity index (χ4v) is 3.39. The quantitative estimate of drug-likeness (QED) is 0.863. The Morgan fingerprint density at radius 1 is 1.04 bits per heavy atom. The highest BCUT2D eigenvalue weighted by Crippen LogP contribution is 2.32. The topological polar surface area (TPSA) is 60.9 Å². The molecule has 0 unspecified atom stereocenters. The van der Waals surface area contributed by atoms with E-state index in [0.717, 1.165) is 31.2 Å². The zero-order chi connectivity index (χ0) is 16.9. The van der Waals surface area contributed by atoms with E-state index in [9.17, 15) is 14.7 Å². The average Bonchev–Trinajstić information content (AvgIpc) is 3.46. The minimum Gasteiger partial charge on any atom is -0.395 e. The Kier molecular flexibility index (Phi) is 5.51. The molecule has 3 rings (SSSR count). The molecule has 2 fully saturated rings. The van der Waals surface area contributed by atoms with Crippen molar-refractivity contribution in [2.45, 2.75) is 32.2 Å². The van der Waals surface area contributed by atoms with Crippen molar-refractivity contribution < 1.29 is 14.7 Å². The molecule has 1 aliphatic carbocycles. The van der Waals surface area contributed by atoms with Crippen molar-refractivity contribution in [3.05, 3.63) is 35.9 Å². The highest BCUT2D eigenvalue weighted by atomic mass is 16.3. The number of rotatable bonds is 6. The molecule has 0 atom stereocenters. The highest BCUT2D eigenvalue weighted by Gasteiger charge is 2.36. The van der Waals surface area contributed by atoms with Gasteiger partial charge in [-0.05, 0) is 31.2 Å². The number of hydrogen-bond acceptors (Lipinski definition) is 3. The molecule has 130 valence electrons. The summed E-state index contributed by atoms with van der Waals surface area (Å²) >= 11 is 0. The Labute approximate surface area is 143 Å². The number of aliphatic hydroxyl groups excluding tert-OH is 1. The van der Waals surface area contributed by atoms with Gasteiger partial charge in [-0.25, -0.2) is 0 Å². The lowest BCUT2D eigenvalue weighted by atomic mass is 9.94. The van der Waals surface area contributed by atoms with Crippen LogP contribution in [0.15, 0.2) is 30.3 Å². The standard InChI is InChI=1S/C19H26N2O3/c22-13-12-21(14-15-4-2-1-3-5-15)19(24)17-8-10-20(11-9-17)18(23)16-6-7-16/h1-5,16-17,22H,6-14H2. The van der Waals surface area contributed by atoms with Crippen molar-refractivity contribution in [1.82, 2.24) is 9.80 Å². The Hall–Kier alpha value is -1.88. The van der Waals surface area contributed by atoms with Crippen molar-refractivity contribution in [2.24, 2.45) is 11.8 Å². The van der Waals surface area contributed by atoms with Gasteiger partial charge in [-0.2, -0.15) is 0 Å². The molecule has 0 radical (unpaired) electrons. The molecule has 5 heteroatoms. The molecular weight excluding hydrogens is 304 g/mol. The van der Waals surface area contributed by atoms with Gasteiger partial charge in [0.1, 0.15) is 0 Å². The predicted octanol–water partition coefficient (Wildman–Crippen LogP) is 1.66. The Balaban J connectivity index is 1.56. The molecule has 1 N–H and O–H groups in total. The number of carbonyl (C=O) groups is 2. The number of likely N-dealkylation sites (tertiary alicyclic amines) is 1. The van der Waals surface area contributed by atoms with Gasteiger partial charge in [-0.15, -0.1) is 0 Å². The highest BCUT2D eigenvalue weighted by molar-refractivity contribution is 5.82. The fraction of sp³-hybridized carbons (Fsp3) is 0.579.